The number of imide groups is 1. The van der Waals surface area contributed by atoms with Gasteiger partial charge in [0, 0.05) is 17.3 Å². The first kappa shape index (κ1) is 24.8. The molecule has 0 radical (unpaired) electrons. The van der Waals surface area contributed by atoms with Crippen LogP contribution >= 0.6 is 11.6 Å². The van der Waals surface area contributed by atoms with Gasteiger partial charge >= 0.3 is 0 Å². The van der Waals surface area contributed by atoms with Gasteiger partial charge in [-0.25, -0.2) is 0 Å². The SMILES string of the molecule is CC(Oc1cccc(Cl)c1)C(=O)Nc1ccc(Oc2ccc3c(c2)C(=O)N(CC2CCCO2)C3=O)cc1. The van der Waals surface area contributed by atoms with Gasteiger partial charge in [0.15, 0.2) is 6.10 Å². The maximum atomic E-state index is 12.9. The van der Waals surface area contributed by atoms with Crippen LogP contribution in [0.3, 0.4) is 0 Å². The Balaban J connectivity index is 1.19. The molecule has 2 aliphatic heterocycles. The van der Waals surface area contributed by atoms with Crippen molar-refractivity contribution in [1.82, 2.24) is 4.90 Å². The van der Waals surface area contributed by atoms with E-state index in [4.69, 9.17) is 25.8 Å². The van der Waals surface area contributed by atoms with E-state index in [9.17, 15) is 14.4 Å². The number of carbonyl (C=O) groups excluding carboxylic acids is 3. The van der Waals surface area contributed by atoms with Crippen molar-refractivity contribution < 1.29 is 28.6 Å². The second kappa shape index (κ2) is 10.6. The summed E-state index contributed by atoms with van der Waals surface area (Å²) in [5.41, 5.74) is 1.25. The lowest BCUT2D eigenvalue weighted by atomic mass is 10.1. The van der Waals surface area contributed by atoms with E-state index in [1.54, 1.807) is 73.7 Å². The highest BCUT2D eigenvalue weighted by Crippen LogP contribution is 2.31. The molecule has 2 atom stereocenters. The van der Waals surface area contributed by atoms with Crippen molar-refractivity contribution in [2.45, 2.75) is 32.0 Å². The van der Waals surface area contributed by atoms with E-state index in [0.717, 1.165) is 12.8 Å². The average molecular weight is 521 g/mol. The normalized spacial score (nSPS) is 17.5. The number of hydrogen-bond acceptors (Lipinski definition) is 6. The van der Waals surface area contributed by atoms with Crippen molar-refractivity contribution in [1.29, 1.82) is 0 Å². The molecule has 1 N–H and O–H groups in total. The van der Waals surface area contributed by atoms with Crippen LogP contribution in [0.15, 0.2) is 66.7 Å². The Labute approximate surface area is 219 Å². The standard InChI is InChI=1S/C28H25ClN2O6/c1-17(36-21-5-2-4-18(29)14-21)26(32)30-19-7-9-20(10-8-19)37-22-11-12-24-25(15-22)28(34)31(27(24)33)16-23-6-3-13-35-23/h2,4-5,7-12,14-15,17,23H,3,6,13,16H2,1H3,(H,30,32). The van der Waals surface area contributed by atoms with Crippen molar-refractivity contribution in [2.75, 3.05) is 18.5 Å². The van der Waals surface area contributed by atoms with Crippen LogP contribution in [0.5, 0.6) is 17.2 Å². The lowest BCUT2D eigenvalue weighted by molar-refractivity contribution is -0.122. The summed E-state index contributed by atoms with van der Waals surface area (Å²) in [4.78, 5) is 39.3. The van der Waals surface area contributed by atoms with E-state index in [2.05, 4.69) is 5.32 Å². The lowest BCUT2D eigenvalue weighted by Gasteiger charge is -2.17. The monoisotopic (exact) mass is 520 g/mol. The molecule has 3 aromatic carbocycles. The van der Waals surface area contributed by atoms with Crippen LogP contribution in [0, 0.1) is 0 Å². The molecule has 8 nitrogen and oxygen atoms in total. The highest BCUT2D eigenvalue weighted by Gasteiger charge is 2.37. The van der Waals surface area contributed by atoms with Gasteiger partial charge in [0.05, 0.1) is 23.8 Å². The molecule has 0 spiro atoms. The summed E-state index contributed by atoms with van der Waals surface area (Å²) in [7, 11) is 0. The zero-order valence-electron chi connectivity index (χ0n) is 20.1. The largest absolute Gasteiger partial charge is 0.481 e. The molecule has 0 aromatic heterocycles. The number of nitrogens with one attached hydrogen (secondary N) is 1. The fourth-order valence-corrected chi connectivity index (χ4v) is 4.46. The van der Waals surface area contributed by atoms with Gasteiger partial charge in [0.1, 0.15) is 17.2 Å². The first-order chi connectivity index (χ1) is 17.9. The molecule has 0 saturated carbocycles. The second-order valence-corrected chi connectivity index (χ2v) is 9.33. The van der Waals surface area contributed by atoms with Crippen LogP contribution in [-0.2, 0) is 9.53 Å². The summed E-state index contributed by atoms with van der Waals surface area (Å²) < 4.78 is 17.1. The Bertz CT molecular complexity index is 1340. The van der Waals surface area contributed by atoms with E-state index in [0.29, 0.717) is 45.7 Å². The van der Waals surface area contributed by atoms with Gasteiger partial charge in [-0.05, 0) is 80.4 Å². The zero-order valence-corrected chi connectivity index (χ0v) is 20.9. The van der Waals surface area contributed by atoms with Crippen molar-refractivity contribution in [2.24, 2.45) is 0 Å². The number of hydrogen-bond donors (Lipinski definition) is 1. The first-order valence-corrected chi connectivity index (χ1v) is 12.4. The predicted octanol–water partition coefficient (Wildman–Crippen LogP) is 5.31. The molecule has 1 saturated heterocycles. The van der Waals surface area contributed by atoms with Crippen molar-refractivity contribution in [3.63, 3.8) is 0 Å². The zero-order chi connectivity index (χ0) is 25.9. The molecule has 3 aromatic rings. The Morgan fingerprint density at radius 2 is 1.78 bits per heavy atom. The number of amides is 3. The van der Waals surface area contributed by atoms with Crippen LogP contribution in [0.2, 0.25) is 5.02 Å². The number of rotatable bonds is 8. The molecule has 190 valence electrons. The summed E-state index contributed by atoms with van der Waals surface area (Å²) >= 11 is 5.96. The number of nitrogens with zero attached hydrogens (tertiary/aromatic N) is 1. The van der Waals surface area contributed by atoms with Crippen LogP contribution in [0.1, 0.15) is 40.5 Å². The van der Waals surface area contributed by atoms with Gasteiger partial charge in [-0.15, -0.1) is 0 Å². The van der Waals surface area contributed by atoms with E-state index >= 15 is 0 Å². The maximum absolute atomic E-state index is 12.9. The fourth-order valence-electron chi connectivity index (χ4n) is 4.28. The van der Waals surface area contributed by atoms with Crippen molar-refractivity contribution in [3.8, 4) is 17.2 Å². The smallest absolute Gasteiger partial charge is 0.265 e. The molecule has 0 bridgehead atoms. The van der Waals surface area contributed by atoms with Crippen LogP contribution in [-0.4, -0.2) is 48.0 Å². The highest BCUT2D eigenvalue weighted by atomic mass is 35.5. The molecule has 2 aliphatic rings. The van der Waals surface area contributed by atoms with Crippen LogP contribution in [0.4, 0.5) is 5.69 Å². The van der Waals surface area contributed by atoms with Gasteiger partial charge in [0.25, 0.3) is 17.7 Å². The number of benzene rings is 3. The molecule has 2 heterocycles. The number of carbonyl (C=O) groups is 3. The minimum absolute atomic E-state index is 0.108. The van der Waals surface area contributed by atoms with Gasteiger partial charge in [0.2, 0.25) is 0 Å². The minimum atomic E-state index is -0.735. The Morgan fingerprint density at radius 1 is 1.03 bits per heavy atom. The molecule has 37 heavy (non-hydrogen) atoms. The van der Waals surface area contributed by atoms with E-state index < -0.39 is 6.10 Å². The molecular formula is C28H25ClN2O6. The van der Waals surface area contributed by atoms with Gasteiger partial charge in [-0.3, -0.25) is 19.3 Å². The maximum Gasteiger partial charge on any atom is 0.265 e. The molecule has 0 aliphatic carbocycles. The van der Waals surface area contributed by atoms with E-state index in [1.807, 2.05) is 0 Å². The van der Waals surface area contributed by atoms with Gasteiger partial charge < -0.3 is 19.5 Å². The van der Waals surface area contributed by atoms with E-state index in [-0.39, 0.29) is 30.4 Å². The van der Waals surface area contributed by atoms with Crippen LogP contribution in [0.25, 0.3) is 0 Å². The highest BCUT2D eigenvalue weighted by molar-refractivity contribution is 6.30. The number of halogens is 1. The second-order valence-electron chi connectivity index (χ2n) is 8.90. The summed E-state index contributed by atoms with van der Waals surface area (Å²) in [6.07, 6.45) is 0.931. The van der Waals surface area contributed by atoms with Gasteiger partial charge in [-0.2, -0.15) is 0 Å². The number of anilines is 1. The number of ether oxygens (including phenoxy) is 3. The summed E-state index contributed by atoms with van der Waals surface area (Å²) in [5, 5.41) is 3.32. The van der Waals surface area contributed by atoms with Crippen molar-refractivity contribution >= 4 is 35.0 Å². The molecule has 2 unspecified atom stereocenters. The third kappa shape index (κ3) is 5.60. The summed E-state index contributed by atoms with van der Waals surface area (Å²) in [5.74, 6) is 0.476. The quantitative estimate of drug-likeness (QED) is 0.404. The molecule has 3 amide bonds. The minimum Gasteiger partial charge on any atom is -0.481 e. The third-order valence-corrected chi connectivity index (χ3v) is 6.42. The fraction of sp³-hybridized carbons (Fsp3) is 0.250. The third-order valence-electron chi connectivity index (χ3n) is 6.19. The Hall–Kier alpha value is -3.88. The van der Waals surface area contributed by atoms with Crippen LogP contribution < -0.4 is 14.8 Å². The molecular weight excluding hydrogens is 496 g/mol. The first-order valence-electron chi connectivity index (χ1n) is 12.0. The van der Waals surface area contributed by atoms with Crippen molar-refractivity contribution in [3.05, 3.63) is 82.9 Å². The molecule has 1 fully saturated rings. The Kier molecular flexibility index (Phi) is 7.12. The predicted molar refractivity (Wildman–Crippen MR) is 137 cm³/mol. The summed E-state index contributed by atoms with van der Waals surface area (Å²) in [6.45, 7) is 2.57. The number of fused-ring (bicyclic) bond motifs is 1. The molecule has 9 heteroatoms. The van der Waals surface area contributed by atoms with Gasteiger partial charge in [-0.1, -0.05) is 17.7 Å². The summed E-state index contributed by atoms with van der Waals surface area (Å²) in [6, 6.07) is 18.5. The Morgan fingerprint density at radius 3 is 2.51 bits per heavy atom. The average Bonchev–Trinajstić information content (AvgIpc) is 3.48. The lowest BCUT2D eigenvalue weighted by Crippen LogP contribution is -2.36. The van der Waals surface area contributed by atoms with E-state index in [1.165, 1.54) is 4.90 Å². The molecule has 5 rings (SSSR count). The topological polar surface area (TPSA) is 94.2 Å².